The maximum atomic E-state index is 12.8. The van der Waals surface area contributed by atoms with Crippen molar-refractivity contribution in [1.29, 1.82) is 0 Å². The molecule has 1 unspecified atom stereocenters. The smallest absolute Gasteiger partial charge is 0.323 e. The van der Waals surface area contributed by atoms with E-state index < -0.39 is 0 Å². The Labute approximate surface area is 161 Å². The first-order valence-electron chi connectivity index (χ1n) is 9.07. The molecular formula is C23H28O2S. The molecule has 138 valence electrons. The van der Waals surface area contributed by atoms with Crippen LogP contribution in [0.2, 0.25) is 0 Å². The molecule has 2 aromatic carbocycles. The van der Waals surface area contributed by atoms with Gasteiger partial charge in [-0.05, 0) is 40.3 Å². The lowest BCUT2D eigenvalue weighted by atomic mass is 9.77. The number of esters is 1. The van der Waals surface area contributed by atoms with E-state index in [1.807, 2.05) is 12.1 Å². The van der Waals surface area contributed by atoms with E-state index in [4.69, 9.17) is 4.74 Å². The van der Waals surface area contributed by atoms with Crippen molar-refractivity contribution in [2.45, 2.75) is 63.2 Å². The maximum absolute atomic E-state index is 12.8. The fourth-order valence-corrected chi connectivity index (χ4v) is 3.78. The van der Waals surface area contributed by atoms with Gasteiger partial charge >= 0.3 is 5.97 Å². The van der Waals surface area contributed by atoms with Crippen molar-refractivity contribution in [2.75, 3.05) is 6.26 Å². The van der Waals surface area contributed by atoms with Crippen LogP contribution in [-0.2, 0) is 15.6 Å². The molecule has 3 rings (SSSR count). The third kappa shape index (κ3) is 3.42. The first-order valence-corrected chi connectivity index (χ1v) is 10.3. The highest BCUT2D eigenvalue weighted by Gasteiger charge is 2.39. The van der Waals surface area contributed by atoms with E-state index in [1.165, 1.54) is 10.5 Å². The summed E-state index contributed by atoms with van der Waals surface area (Å²) in [7, 11) is 0. The maximum Gasteiger partial charge on any atom is 0.323 e. The molecule has 3 heteroatoms. The van der Waals surface area contributed by atoms with Gasteiger partial charge in [-0.15, -0.1) is 11.8 Å². The van der Waals surface area contributed by atoms with E-state index in [1.54, 1.807) is 11.8 Å². The van der Waals surface area contributed by atoms with Crippen LogP contribution in [0.4, 0.5) is 0 Å². The fourth-order valence-electron chi connectivity index (χ4n) is 3.37. The number of hydrogen-bond acceptors (Lipinski definition) is 3. The third-order valence-corrected chi connectivity index (χ3v) is 5.73. The average molecular weight is 369 g/mol. The molecule has 2 aromatic rings. The number of rotatable bonds is 2. The highest BCUT2D eigenvalue weighted by molar-refractivity contribution is 7.98. The Kier molecular flexibility index (Phi) is 4.72. The van der Waals surface area contributed by atoms with Crippen molar-refractivity contribution < 1.29 is 9.53 Å². The van der Waals surface area contributed by atoms with Gasteiger partial charge in [-0.25, -0.2) is 0 Å². The minimum atomic E-state index is -0.343. The van der Waals surface area contributed by atoms with E-state index in [-0.39, 0.29) is 22.7 Å². The lowest BCUT2D eigenvalue weighted by molar-refractivity contribution is -0.133. The monoisotopic (exact) mass is 368 g/mol. The number of carbonyl (C=O) groups is 1. The second-order valence-corrected chi connectivity index (χ2v) is 9.95. The van der Waals surface area contributed by atoms with Gasteiger partial charge in [0.1, 0.15) is 11.7 Å². The first-order chi connectivity index (χ1) is 12.0. The molecule has 0 fully saturated rings. The molecule has 1 aliphatic rings. The topological polar surface area (TPSA) is 26.3 Å². The molecule has 0 spiro atoms. The van der Waals surface area contributed by atoms with Crippen molar-refractivity contribution in [1.82, 2.24) is 0 Å². The molecule has 0 N–H and O–H groups in total. The summed E-state index contributed by atoms with van der Waals surface area (Å²) in [6.07, 6.45) is 2.05. The Balaban J connectivity index is 2.21. The van der Waals surface area contributed by atoms with Crippen LogP contribution in [0.3, 0.4) is 0 Å². The largest absolute Gasteiger partial charge is 0.425 e. The van der Waals surface area contributed by atoms with E-state index in [0.29, 0.717) is 0 Å². The van der Waals surface area contributed by atoms with Crippen molar-refractivity contribution in [2.24, 2.45) is 0 Å². The summed E-state index contributed by atoms with van der Waals surface area (Å²) >= 11 is 1.70. The Morgan fingerprint density at radius 2 is 1.54 bits per heavy atom. The predicted octanol–water partition coefficient (Wildman–Crippen LogP) is 6.05. The summed E-state index contributed by atoms with van der Waals surface area (Å²) in [4.78, 5) is 14.0. The molecule has 0 amide bonds. The zero-order valence-electron chi connectivity index (χ0n) is 16.8. The molecule has 0 saturated carbocycles. The summed E-state index contributed by atoms with van der Waals surface area (Å²) in [5, 5.41) is 0. The summed E-state index contributed by atoms with van der Waals surface area (Å²) < 4.78 is 5.81. The normalized spacial score (nSPS) is 17.2. The van der Waals surface area contributed by atoms with Gasteiger partial charge in [-0.3, -0.25) is 4.79 Å². The fraction of sp³-hybridized carbons (Fsp3) is 0.435. The van der Waals surface area contributed by atoms with Crippen LogP contribution in [0.5, 0.6) is 5.75 Å². The number of carbonyl (C=O) groups excluding carboxylic acids is 1. The minimum Gasteiger partial charge on any atom is -0.425 e. The van der Waals surface area contributed by atoms with E-state index in [0.717, 1.165) is 22.4 Å². The predicted molar refractivity (Wildman–Crippen MR) is 110 cm³/mol. The molecule has 1 heterocycles. The van der Waals surface area contributed by atoms with Gasteiger partial charge < -0.3 is 4.74 Å². The molecule has 2 nitrogen and oxygen atoms in total. The third-order valence-electron chi connectivity index (χ3n) is 4.99. The van der Waals surface area contributed by atoms with E-state index >= 15 is 0 Å². The number of fused-ring (bicyclic) bond motifs is 1. The molecule has 0 aliphatic carbocycles. The summed E-state index contributed by atoms with van der Waals surface area (Å²) in [6.45, 7) is 13.1. The van der Waals surface area contributed by atoms with Crippen LogP contribution >= 0.6 is 11.8 Å². The lowest BCUT2D eigenvalue weighted by Gasteiger charge is -2.27. The Hall–Kier alpha value is -1.74. The molecule has 0 bridgehead atoms. The van der Waals surface area contributed by atoms with Gasteiger partial charge in [0.2, 0.25) is 0 Å². The van der Waals surface area contributed by atoms with Crippen LogP contribution < -0.4 is 4.74 Å². The Morgan fingerprint density at radius 3 is 2.04 bits per heavy atom. The van der Waals surface area contributed by atoms with Crippen molar-refractivity contribution in [3.63, 3.8) is 0 Å². The average Bonchev–Trinajstić information content (AvgIpc) is 2.88. The van der Waals surface area contributed by atoms with Gasteiger partial charge in [0.25, 0.3) is 0 Å². The zero-order valence-corrected chi connectivity index (χ0v) is 17.6. The van der Waals surface area contributed by atoms with Crippen molar-refractivity contribution in [3.05, 3.63) is 58.7 Å². The second-order valence-electron chi connectivity index (χ2n) is 9.07. The highest BCUT2D eigenvalue weighted by atomic mass is 32.2. The van der Waals surface area contributed by atoms with E-state index in [2.05, 4.69) is 72.1 Å². The molecule has 1 atom stereocenters. The summed E-state index contributed by atoms with van der Waals surface area (Å²) in [5.74, 6) is 0.243. The van der Waals surface area contributed by atoms with Crippen LogP contribution in [0.25, 0.3) is 0 Å². The van der Waals surface area contributed by atoms with Crippen molar-refractivity contribution >= 4 is 17.7 Å². The van der Waals surface area contributed by atoms with Crippen LogP contribution in [0.15, 0.2) is 41.3 Å². The molecule has 26 heavy (non-hydrogen) atoms. The van der Waals surface area contributed by atoms with Gasteiger partial charge in [0.15, 0.2) is 0 Å². The second kappa shape index (κ2) is 6.45. The standard InChI is InChI=1S/C23H28O2S/c1-22(2,3)15-12-17-19(14-8-10-16(26-7)11-9-14)21(24)25-20(17)18(13-15)23(4,5)6/h8-13,19H,1-7H3. The van der Waals surface area contributed by atoms with Gasteiger partial charge in [-0.1, -0.05) is 65.8 Å². The SMILES string of the molecule is CSc1ccc(C2C(=O)Oc3c2cc(C(C)(C)C)cc3C(C)(C)C)cc1. The zero-order chi connectivity index (χ0) is 19.3. The molecule has 1 aliphatic heterocycles. The molecule has 0 aromatic heterocycles. The lowest BCUT2D eigenvalue weighted by Crippen LogP contribution is -2.17. The van der Waals surface area contributed by atoms with Gasteiger partial charge in [-0.2, -0.15) is 0 Å². The van der Waals surface area contributed by atoms with E-state index in [9.17, 15) is 4.79 Å². The summed E-state index contributed by atoms with van der Waals surface area (Å²) in [6, 6.07) is 12.6. The van der Waals surface area contributed by atoms with Gasteiger partial charge in [0, 0.05) is 16.0 Å². The minimum absolute atomic E-state index is 0.00786. The first kappa shape index (κ1) is 19.0. The quantitative estimate of drug-likeness (QED) is 0.366. The Bertz CT molecular complexity index is 836. The summed E-state index contributed by atoms with van der Waals surface area (Å²) in [5.41, 5.74) is 4.26. The van der Waals surface area contributed by atoms with Crippen LogP contribution in [0.1, 0.15) is 69.7 Å². The van der Waals surface area contributed by atoms with Crippen molar-refractivity contribution in [3.8, 4) is 5.75 Å². The molecule has 0 saturated heterocycles. The van der Waals surface area contributed by atoms with Crippen LogP contribution in [0, 0.1) is 0 Å². The number of benzene rings is 2. The molecular weight excluding hydrogens is 340 g/mol. The highest BCUT2D eigenvalue weighted by Crippen LogP contribution is 2.47. The van der Waals surface area contributed by atoms with Gasteiger partial charge in [0.05, 0.1) is 0 Å². The Morgan fingerprint density at radius 1 is 0.923 bits per heavy atom. The number of hydrogen-bond donors (Lipinski definition) is 0. The number of ether oxygens (including phenoxy) is 1. The van der Waals surface area contributed by atoms with Crippen LogP contribution in [-0.4, -0.2) is 12.2 Å². The number of thioether (sulfide) groups is 1. The molecule has 0 radical (unpaired) electrons.